The van der Waals surface area contributed by atoms with Gasteiger partial charge in [0.05, 0.1) is 12.2 Å². The zero-order chi connectivity index (χ0) is 27.0. The molecule has 4 aromatic rings. The summed E-state index contributed by atoms with van der Waals surface area (Å²) in [5, 5.41) is 21.4. The maximum atomic E-state index is 13.1. The molecule has 1 aliphatic rings. The van der Waals surface area contributed by atoms with Gasteiger partial charge in [0.1, 0.15) is 12.9 Å². The monoisotopic (exact) mass is 548 g/mol. The first-order valence-corrected chi connectivity index (χ1v) is 11.8. The molecule has 11 nitrogen and oxygen atoms in total. The summed E-state index contributed by atoms with van der Waals surface area (Å²) < 4.78 is 42.2. The minimum Gasteiger partial charge on any atom is -0.382 e. The molecule has 0 unspecified atom stereocenters. The molecule has 1 amide bonds. The maximum Gasteiger partial charge on any atom is 0.416 e. The van der Waals surface area contributed by atoms with E-state index in [0.29, 0.717) is 16.3 Å². The molecule has 1 aromatic carbocycles. The van der Waals surface area contributed by atoms with Gasteiger partial charge in [-0.2, -0.15) is 13.2 Å². The van der Waals surface area contributed by atoms with Crippen molar-refractivity contribution >= 4 is 17.5 Å². The second-order valence-electron chi connectivity index (χ2n) is 8.66. The topological polar surface area (TPSA) is 133 Å². The number of alkyl halides is 3. The first kappa shape index (κ1) is 25.6. The minimum absolute atomic E-state index is 0.0966. The Labute approximate surface area is 217 Å². The van der Waals surface area contributed by atoms with Crippen molar-refractivity contribution in [2.45, 2.75) is 44.3 Å². The lowest BCUT2D eigenvalue weighted by atomic mass is 10.2. The van der Waals surface area contributed by atoms with E-state index in [1.807, 2.05) is 0 Å². The third-order valence-corrected chi connectivity index (χ3v) is 6.00. The van der Waals surface area contributed by atoms with Crippen LogP contribution in [0.4, 0.5) is 13.2 Å². The van der Waals surface area contributed by atoms with Crippen molar-refractivity contribution in [1.82, 2.24) is 39.4 Å². The van der Waals surface area contributed by atoms with Crippen LogP contribution in [0.2, 0.25) is 5.02 Å². The van der Waals surface area contributed by atoms with Crippen LogP contribution in [0.3, 0.4) is 0 Å². The van der Waals surface area contributed by atoms with E-state index in [0.717, 1.165) is 22.1 Å². The van der Waals surface area contributed by atoms with Crippen LogP contribution in [0.15, 0.2) is 53.7 Å². The Morgan fingerprint density at radius 2 is 1.89 bits per heavy atom. The number of benzene rings is 1. The van der Waals surface area contributed by atoms with E-state index < -0.39 is 24.5 Å². The molecule has 5 rings (SSSR count). The average Bonchev–Trinajstić information content (AvgIpc) is 3.49. The van der Waals surface area contributed by atoms with Crippen LogP contribution in [-0.4, -0.2) is 63.4 Å². The fraction of sp³-hybridized carbons (Fsp3) is 0.304. The molecule has 1 aliphatic carbocycles. The lowest BCUT2D eigenvalue weighted by Gasteiger charge is -2.15. The van der Waals surface area contributed by atoms with E-state index in [1.165, 1.54) is 41.5 Å². The summed E-state index contributed by atoms with van der Waals surface area (Å²) in [5.74, 6) is -0.347. The lowest BCUT2D eigenvalue weighted by molar-refractivity contribution is -0.207. The van der Waals surface area contributed by atoms with Gasteiger partial charge in [-0.15, -0.1) is 10.2 Å². The van der Waals surface area contributed by atoms with Crippen molar-refractivity contribution in [3.05, 3.63) is 75.9 Å². The minimum atomic E-state index is -4.94. The molecule has 1 atom stereocenters. The van der Waals surface area contributed by atoms with Gasteiger partial charge in [0.25, 0.3) is 5.91 Å². The fourth-order valence-electron chi connectivity index (χ4n) is 3.66. The molecular formula is C23H20ClF3N8O3. The van der Waals surface area contributed by atoms with E-state index in [9.17, 15) is 27.9 Å². The highest BCUT2D eigenvalue weighted by atomic mass is 35.5. The number of nitrogens with one attached hydrogen (secondary N) is 1. The summed E-state index contributed by atoms with van der Waals surface area (Å²) in [6.07, 6.45) is -3.11. The zero-order valence-electron chi connectivity index (χ0n) is 19.5. The number of nitrogens with zero attached hydrogens (tertiary/aromatic N) is 7. The zero-order valence-corrected chi connectivity index (χ0v) is 20.3. The average molecular weight is 549 g/mol. The van der Waals surface area contributed by atoms with Gasteiger partial charge in [0, 0.05) is 22.8 Å². The second kappa shape index (κ2) is 10.0. The molecule has 198 valence electrons. The molecule has 2 N–H and O–H groups in total. The van der Waals surface area contributed by atoms with Crippen molar-refractivity contribution in [2.24, 2.45) is 0 Å². The van der Waals surface area contributed by atoms with Gasteiger partial charge in [-0.1, -0.05) is 11.6 Å². The number of rotatable bonds is 8. The summed E-state index contributed by atoms with van der Waals surface area (Å²) in [5.41, 5.74) is -0.0823. The van der Waals surface area contributed by atoms with Gasteiger partial charge in [-0.05, 0) is 49.2 Å². The number of hydrogen-bond donors (Lipinski definition) is 2. The quantitative estimate of drug-likeness (QED) is 0.345. The van der Waals surface area contributed by atoms with Gasteiger partial charge in [-0.3, -0.25) is 9.36 Å². The molecular weight excluding hydrogens is 529 g/mol. The van der Waals surface area contributed by atoms with E-state index in [4.69, 9.17) is 11.6 Å². The third-order valence-electron chi connectivity index (χ3n) is 5.75. The molecule has 3 aromatic heterocycles. The Kier molecular flexibility index (Phi) is 6.75. The van der Waals surface area contributed by atoms with Gasteiger partial charge < -0.3 is 10.4 Å². The number of aliphatic hydroxyl groups excluding tert-OH is 1. The Bertz CT molecular complexity index is 1530. The molecule has 0 saturated heterocycles. The van der Waals surface area contributed by atoms with Crippen LogP contribution >= 0.6 is 11.6 Å². The van der Waals surface area contributed by atoms with Crippen LogP contribution in [0.1, 0.15) is 29.2 Å². The van der Waals surface area contributed by atoms with Gasteiger partial charge in [-0.25, -0.2) is 24.1 Å². The summed E-state index contributed by atoms with van der Waals surface area (Å²) >= 11 is 5.91. The first-order valence-electron chi connectivity index (χ1n) is 11.5. The fourth-order valence-corrected chi connectivity index (χ4v) is 3.78. The first-order chi connectivity index (χ1) is 18.1. The smallest absolute Gasteiger partial charge is 0.382 e. The molecule has 15 heteroatoms. The summed E-state index contributed by atoms with van der Waals surface area (Å²) in [6, 6.07) is 9.37. The molecule has 0 bridgehead atoms. The van der Waals surface area contributed by atoms with Crippen LogP contribution in [0.25, 0.3) is 17.1 Å². The Morgan fingerprint density at radius 3 is 2.58 bits per heavy atom. The Balaban J connectivity index is 1.46. The molecule has 3 heterocycles. The van der Waals surface area contributed by atoms with E-state index >= 15 is 0 Å². The lowest BCUT2D eigenvalue weighted by Crippen LogP contribution is -2.37. The van der Waals surface area contributed by atoms with Crippen molar-refractivity contribution < 1.29 is 23.1 Å². The molecule has 0 radical (unpaired) electrons. The maximum absolute atomic E-state index is 13.1. The number of carbonyl (C=O) groups is 1. The van der Waals surface area contributed by atoms with Crippen molar-refractivity contribution in [2.75, 3.05) is 0 Å². The summed E-state index contributed by atoms with van der Waals surface area (Å²) in [4.78, 5) is 34.0. The van der Waals surface area contributed by atoms with E-state index in [1.54, 1.807) is 12.1 Å². The van der Waals surface area contributed by atoms with Crippen molar-refractivity contribution in [3.63, 3.8) is 0 Å². The van der Waals surface area contributed by atoms with Crippen molar-refractivity contribution in [1.29, 1.82) is 0 Å². The predicted octanol–water partition coefficient (Wildman–Crippen LogP) is 2.20. The molecule has 1 fully saturated rings. The van der Waals surface area contributed by atoms with Crippen LogP contribution < -0.4 is 11.0 Å². The number of pyridine rings is 1. The predicted molar refractivity (Wildman–Crippen MR) is 128 cm³/mol. The Morgan fingerprint density at radius 1 is 1.16 bits per heavy atom. The standard InChI is InChI=1S/C23H20ClF3N8O3/c24-14-5-3-13(4-6-14)20-32-34(22(38)33(20)10-17(36)23(25,26)27)11-18-29-12-35(31-18)16-2-1-9-28-19(16)21(37)30-15-7-8-15/h1-6,9,12,15,17,36H,7-8,10-11H2,(H,30,37)/t17-/m0/s1. The van der Waals surface area contributed by atoms with Crippen molar-refractivity contribution in [3.8, 4) is 17.1 Å². The van der Waals surface area contributed by atoms with Crippen LogP contribution in [0, 0.1) is 0 Å². The summed E-state index contributed by atoms with van der Waals surface area (Å²) in [7, 11) is 0. The number of halogens is 4. The number of aliphatic hydroxyl groups is 1. The highest BCUT2D eigenvalue weighted by Gasteiger charge is 2.39. The van der Waals surface area contributed by atoms with Crippen LogP contribution in [-0.2, 0) is 13.1 Å². The molecule has 0 spiro atoms. The van der Waals surface area contributed by atoms with Crippen LogP contribution in [0.5, 0.6) is 0 Å². The highest BCUT2D eigenvalue weighted by Crippen LogP contribution is 2.24. The second-order valence-corrected chi connectivity index (χ2v) is 9.10. The van der Waals surface area contributed by atoms with E-state index in [2.05, 4.69) is 25.5 Å². The molecule has 0 aliphatic heterocycles. The largest absolute Gasteiger partial charge is 0.416 e. The number of aromatic nitrogens is 7. The third kappa shape index (κ3) is 5.45. The molecule has 1 saturated carbocycles. The molecule has 38 heavy (non-hydrogen) atoms. The van der Waals surface area contributed by atoms with E-state index in [-0.39, 0.29) is 35.8 Å². The highest BCUT2D eigenvalue weighted by molar-refractivity contribution is 6.30. The summed E-state index contributed by atoms with van der Waals surface area (Å²) in [6.45, 7) is -1.34. The number of hydrogen-bond acceptors (Lipinski definition) is 7. The number of amides is 1. The number of carbonyl (C=O) groups excluding carboxylic acids is 1. The normalized spacial score (nSPS) is 14.4. The van der Waals surface area contributed by atoms with Gasteiger partial charge >= 0.3 is 11.9 Å². The van der Waals surface area contributed by atoms with Gasteiger partial charge in [0.15, 0.2) is 23.4 Å². The SMILES string of the molecule is O=C(NC1CC1)c1ncccc1-n1cnc(Cn2nc(-c3ccc(Cl)cc3)n(C[C@H](O)C(F)(F)F)c2=O)n1. The Hall–Kier alpha value is -4.04. The van der Waals surface area contributed by atoms with Gasteiger partial charge in [0.2, 0.25) is 0 Å².